The highest BCUT2D eigenvalue weighted by Gasteiger charge is 2.35. The molecule has 1 aromatic heterocycles. The summed E-state index contributed by atoms with van der Waals surface area (Å²) in [5.74, 6) is 1.08. The highest BCUT2D eigenvalue weighted by molar-refractivity contribution is 8.19. The lowest BCUT2D eigenvalue weighted by molar-refractivity contribution is -0.113. The maximum absolute atomic E-state index is 12.8. The fourth-order valence-corrected chi connectivity index (χ4v) is 4.80. The van der Waals surface area contributed by atoms with Crippen LogP contribution in [0.2, 0.25) is 0 Å². The molecule has 2 aliphatic rings. The molecule has 0 spiro atoms. The molecular formula is C21H24N4O4S2. The van der Waals surface area contributed by atoms with Crippen LogP contribution in [0.5, 0.6) is 11.5 Å². The molecule has 2 aliphatic heterocycles. The lowest BCUT2D eigenvalue weighted by Crippen LogP contribution is -2.38. The zero-order valence-corrected chi connectivity index (χ0v) is 18.8. The zero-order chi connectivity index (χ0) is 21.6. The van der Waals surface area contributed by atoms with E-state index in [9.17, 15) is 4.79 Å². The van der Waals surface area contributed by atoms with Crippen molar-refractivity contribution >= 4 is 45.4 Å². The third-order valence-corrected chi connectivity index (χ3v) is 6.41. The molecule has 0 aliphatic carbocycles. The molecule has 0 radical (unpaired) electrons. The summed E-state index contributed by atoms with van der Waals surface area (Å²) in [4.78, 5) is 21.0. The van der Waals surface area contributed by atoms with Crippen LogP contribution in [0.1, 0.15) is 12.5 Å². The Kier molecular flexibility index (Phi) is 7.23. The number of thioether (sulfide) groups is 1. The van der Waals surface area contributed by atoms with E-state index < -0.39 is 0 Å². The molecule has 0 unspecified atom stereocenters. The van der Waals surface area contributed by atoms with Gasteiger partial charge in [-0.2, -0.15) is 0 Å². The quantitative estimate of drug-likeness (QED) is 0.605. The molecule has 3 heterocycles. The van der Waals surface area contributed by atoms with Crippen LogP contribution in [-0.2, 0) is 9.53 Å². The highest BCUT2D eigenvalue weighted by atomic mass is 32.2. The van der Waals surface area contributed by atoms with Crippen LogP contribution in [0.3, 0.4) is 0 Å². The van der Waals surface area contributed by atoms with Gasteiger partial charge in [-0.3, -0.25) is 15.1 Å². The average molecular weight is 461 g/mol. The van der Waals surface area contributed by atoms with E-state index in [1.54, 1.807) is 17.7 Å². The van der Waals surface area contributed by atoms with E-state index in [1.165, 1.54) is 16.2 Å². The molecule has 1 N–H and O–H groups in total. The third kappa shape index (κ3) is 5.27. The fraction of sp³-hybridized carbons (Fsp3) is 0.381. The van der Waals surface area contributed by atoms with Gasteiger partial charge in [0.1, 0.15) is 6.61 Å². The first-order chi connectivity index (χ1) is 15.2. The number of amidine groups is 1. The van der Waals surface area contributed by atoms with Crippen molar-refractivity contribution in [2.45, 2.75) is 6.92 Å². The number of carbonyl (C=O) groups excluding carboxylic acids is 1. The minimum atomic E-state index is -0.242. The van der Waals surface area contributed by atoms with E-state index >= 15 is 0 Å². The smallest absolute Gasteiger partial charge is 0.273 e. The standard InChI is InChI=1S/C21H24N4O4S2/c1-2-28-17-13-15(3-4-16(17)29-11-8-24-6-9-27-10-7-24)14-18-19(26)25(20(22)31-18)21-23-5-12-30-21/h3-5,12-14,22H,2,6-11H2,1H3/b18-14+,22-20?. The van der Waals surface area contributed by atoms with Gasteiger partial charge in [-0.1, -0.05) is 6.07 Å². The molecule has 2 fully saturated rings. The molecule has 2 aromatic rings. The summed E-state index contributed by atoms with van der Waals surface area (Å²) in [6.45, 7) is 7.21. The summed E-state index contributed by atoms with van der Waals surface area (Å²) < 4.78 is 17.1. The lowest BCUT2D eigenvalue weighted by atomic mass is 10.2. The van der Waals surface area contributed by atoms with Gasteiger partial charge in [0.05, 0.1) is 24.7 Å². The Morgan fingerprint density at radius 1 is 1.26 bits per heavy atom. The van der Waals surface area contributed by atoms with Crippen LogP contribution in [-0.4, -0.2) is 67.0 Å². The topological polar surface area (TPSA) is 88.0 Å². The number of rotatable bonds is 8. The number of nitrogens with one attached hydrogen (secondary N) is 1. The number of benzene rings is 1. The zero-order valence-electron chi connectivity index (χ0n) is 17.2. The van der Waals surface area contributed by atoms with Gasteiger partial charge >= 0.3 is 0 Å². The van der Waals surface area contributed by atoms with Crippen molar-refractivity contribution in [1.82, 2.24) is 9.88 Å². The summed E-state index contributed by atoms with van der Waals surface area (Å²) in [5, 5.41) is 10.6. The van der Waals surface area contributed by atoms with Crippen molar-refractivity contribution in [2.75, 3.05) is 51.0 Å². The molecule has 10 heteroatoms. The monoisotopic (exact) mass is 460 g/mol. The minimum Gasteiger partial charge on any atom is -0.490 e. The van der Waals surface area contributed by atoms with Crippen molar-refractivity contribution in [2.24, 2.45) is 0 Å². The van der Waals surface area contributed by atoms with E-state index in [1.807, 2.05) is 25.1 Å². The van der Waals surface area contributed by atoms with E-state index in [-0.39, 0.29) is 11.1 Å². The van der Waals surface area contributed by atoms with Crippen molar-refractivity contribution in [1.29, 1.82) is 5.41 Å². The minimum absolute atomic E-state index is 0.152. The first-order valence-corrected chi connectivity index (χ1v) is 11.8. The molecule has 1 amide bonds. The molecule has 8 nitrogen and oxygen atoms in total. The number of hydrogen-bond acceptors (Lipinski definition) is 9. The summed E-state index contributed by atoms with van der Waals surface area (Å²) in [6.07, 6.45) is 3.40. The summed E-state index contributed by atoms with van der Waals surface area (Å²) in [5.41, 5.74) is 0.814. The number of aromatic nitrogens is 1. The number of amides is 1. The van der Waals surface area contributed by atoms with Gasteiger partial charge in [0.25, 0.3) is 5.91 Å². The van der Waals surface area contributed by atoms with Gasteiger partial charge in [0.2, 0.25) is 0 Å². The molecule has 0 atom stereocenters. The van der Waals surface area contributed by atoms with Gasteiger partial charge in [0.15, 0.2) is 21.8 Å². The Bertz CT molecular complexity index is 958. The number of ether oxygens (including phenoxy) is 3. The Morgan fingerprint density at radius 2 is 2.10 bits per heavy atom. The number of carbonyl (C=O) groups is 1. The maximum atomic E-state index is 12.8. The SMILES string of the molecule is CCOc1cc(/C=C2/SC(=N)N(c3nccs3)C2=O)ccc1OCCN1CCOCC1. The maximum Gasteiger partial charge on any atom is 0.273 e. The molecule has 2 saturated heterocycles. The molecule has 0 bridgehead atoms. The van der Waals surface area contributed by atoms with E-state index in [2.05, 4.69) is 9.88 Å². The molecule has 0 saturated carbocycles. The summed E-state index contributed by atoms with van der Waals surface area (Å²) in [7, 11) is 0. The van der Waals surface area contributed by atoms with Crippen molar-refractivity contribution < 1.29 is 19.0 Å². The number of hydrogen-bond donors (Lipinski definition) is 1. The van der Waals surface area contributed by atoms with Crippen molar-refractivity contribution in [3.05, 3.63) is 40.2 Å². The molecule has 1 aromatic carbocycles. The largest absolute Gasteiger partial charge is 0.490 e. The first-order valence-electron chi connectivity index (χ1n) is 10.1. The Hall–Kier alpha value is -2.40. The van der Waals surface area contributed by atoms with Gasteiger partial charge in [-0.25, -0.2) is 9.88 Å². The number of anilines is 1. The fourth-order valence-electron chi connectivity index (χ4n) is 3.25. The molecule has 31 heavy (non-hydrogen) atoms. The van der Waals surface area contributed by atoms with Crippen LogP contribution < -0.4 is 14.4 Å². The molecule has 4 rings (SSSR count). The van der Waals surface area contributed by atoms with Crippen molar-refractivity contribution in [3.8, 4) is 11.5 Å². The second-order valence-corrected chi connectivity index (χ2v) is 8.72. The second-order valence-electron chi connectivity index (χ2n) is 6.81. The van der Waals surface area contributed by atoms with Crippen LogP contribution >= 0.6 is 23.1 Å². The first kappa shape index (κ1) is 21.8. The molecule has 164 valence electrons. The van der Waals surface area contributed by atoms with Crippen LogP contribution in [0.4, 0.5) is 5.13 Å². The van der Waals surface area contributed by atoms with Crippen molar-refractivity contribution in [3.63, 3.8) is 0 Å². The second kappa shape index (κ2) is 10.3. The number of morpholine rings is 1. The van der Waals surface area contributed by atoms with Crippen LogP contribution in [0.25, 0.3) is 6.08 Å². The number of thiazole rings is 1. The van der Waals surface area contributed by atoms with Gasteiger partial charge in [-0.15, -0.1) is 11.3 Å². The van der Waals surface area contributed by atoms with Crippen LogP contribution in [0.15, 0.2) is 34.7 Å². The van der Waals surface area contributed by atoms with Crippen LogP contribution in [0, 0.1) is 5.41 Å². The van der Waals surface area contributed by atoms with Gasteiger partial charge in [0, 0.05) is 31.2 Å². The Morgan fingerprint density at radius 3 is 2.84 bits per heavy atom. The summed E-state index contributed by atoms with van der Waals surface area (Å²) >= 11 is 2.46. The average Bonchev–Trinajstić information content (AvgIpc) is 3.38. The normalized spacial score (nSPS) is 18.7. The van der Waals surface area contributed by atoms with Gasteiger partial charge in [-0.05, 0) is 42.5 Å². The van der Waals surface area contributed by atoms with E-state index in [4.69, 9.17) is 19.6 Å². The Labute approximate surface area is 189 Å². The van der Waals surface area contributed by atoms with E-state index in [0.717, 1.165) is 50.2 Å². The number of nitrogens with zero attached hydrogens (tertiary/aromatic N) is 3. The Balaban J connectivity index is 1.45. The predicted octanol–water partition coefficient (Wildman–Crippen LogP) is 3.31. The summed E-state index contributed by atoms with van der Waals surface area (Å²) in [6, 6.07) is 5.62. The lowest BCUT2D eigenvalue weighted by Gasteiger charge is -2.26. The van der Waals surface area contributed by atoms with E-state index in [0.29, 0.717) is 34.7 Å². The molecular weight excluding hydrogens is 436 g/mol. The highest BCUT2D eigenvalue weighted by Crippen LogP contribution is 2.37. The van der Waals surface area contributed by atoms with Gasteiger partial charge < -0.3 is 14.2 Å². The predicted molar refractivity (Wildman–Crippen MR) is 123 cm³/mol. The third-order valence-electron chi connectivity index (χ3n) is 4.77.